The minimum Gasteiger partial charge on any atom is -0.493 e. The summed E-state index contributed by atoms with van der Waals surface area (Å²) in [5.41, 5.74) is 1.77. The SMILES string of the molecule is CCOc1ccccc1C=CC(=O)OCc1nc2ccccc2s1. The van der Waals surface area contributed by atoms with Crippen LogP contribution in [0.4, 0.5) is 0 Å². The number of fused-ring (bicyclic) bond motifs is 1. The summed E-state index contributed by atoms with van der Waals surface area (Å²) in [4.78, 5) is 16.3. The van der Waals surface area contributed by atoms with E-state index in [-0.39, 0.29) is 6.61 Å². The predicted molar refractivity (Wildman–Crippen MR) is 96.1 cm³/mol. The Balaban J connectivity index is 1.61. The van der Waals surface area contributed by atoms with E-state index < -0.39 is 5.97 Å². The number of carbonyl (C=O) groups excluding carboxylic acids is 1. The van der Waals surface area contributed by atoms with Gasteiger partial charge < -0.3 is 9.47 Å². The highest BCUT2D eigenvalue weighted by atomic mass is 32.1. The van der Waals surface area contributed by atoms with E-state index in [1.807, 2.05) is 55.5 Å². The van der Waals surface area contributed by atoms with E-state index in [1.165, 1.54) is 17.4 Å². The highest BCUT2D eigenvalue weighted by molar-refractivity contribution is 7.18. The van der Waals surface area contributed by atoms with Gasteiger partial charge in [0, 0.05) is 11.6 Å². The molecule has 4 nitrogen and oxygen atoms in total. The summed E-state index contributed by atoms with van der Waals surface area (Å²) in [7, 11) is 0. The quantitative estimate of drug-likeness (QED) is 0.492. The molecule has 0 unspecified atom stereocenters. The maximum Gasteiger partial charge on any atom is 0.331 e. The van der Waals surface area contributed by atoms with Gasteiger partial charge in [-0.25, -0.2) is 9.78 Å². The normalized spacial score (nSPS) is 11.0. The molecule has 3 rings (SSSR count). The third-order valence-electron chi connectivity index (χ3n) is 3.29. The minimum absolute atomic E-state index is 0.176. The van der Waals surface area contributed by atoms with Crippen molar-refractivity contribution < 1.29 is 14.3 Å². The van der Waals surface area contributed by atoms with Crippen LogP contribution in [0.2, 0.25) is 0 Å². The van der Waals surface area contributed by atoms with Gasteiger partial charge in [-0.1, -0.05) is 30.3 Å². The lowest BCUT2D eigenvalue weighted by molar-refractivity contribution is -0.138. The number of thiazole rings is 1. The average molecular weight is 339 g/mol. The van der Waals surface area contributed by atoms with E-state index in [0.717, 1.165) is 26.5 Å². The van der Waals surface area contributed by atoms with Crippen LogP contribution in [0.25, 0.3) is 16.3 Å². The molecule has 122 valence electrons. The van der Waals surface area contributed by atoms with Crippen molar-refractivity contribution in [2.45, 2.75) is 13.5 Å². The second kappa shape index (κ2) is 7.75. The number of hydrogen-bond acceptors (Lipinski definition) is 5. The largest absolute Gasteiger partial charge is 0.493 e. The molecule has 24 heavy (non-hydrogen) atoms. The summed E-state index contributed by atoms with van der Waals surface area (Å²) in [5, 5.41) is 0.785. The van der Waals surface area contributed by atoms with Crippen molar-refractivity contribution in [2.24, 2.45) is 0 Å². The van der Waals surface area contributed by atoms with E-state index >= 15 is 0 Å². The fourth-order valence-corrected chi connectivity index (χ4v) is 3.11. The Morgan fingerprint density at radius 3 is 2.79 bits per heavy atom. The third-order valence-corrected chi connectivity index (χ3v) is 4.30. The van der Waals surface area contributed by atoms with Crippen molar-refractivity contribution in [3.05, 3.63) is 65.2 Å². The number of benzene rings is 2. The Labute approximate surface area is 144 Å². The second-order valence-corrected chi connectivity index (χ2v) is 6.10. The van der Waals surface area contributed by atoms with Gasteiger partial charge in [0.05, 0.1) is 16.8 Å². The van der Waals surface area contributed by atoms with Crippen LogP contribution >= 0.6 is 11.3 Å². The molecule has 0 saturated carbocycles. The molecule has 0 atom stereocenters. The number of rotatable bonds is 6. The maximum atomic E-state index is 11.9. The van der Waals surface area contributed by atoms with Gasteiger partial charge in [-0.3, -0.25) is 0 Å². The molecule has 0 aliphatic rings. The van der Waals surface area contributed by atoms with E-state index in [9.17, 15) is 4.79 Å². The van der Waals surface area contributed by atoms with Crippen LogP contribution < -0.4 is 4.74 Å². The van der Waals surface area contributed by atoms with Gasteiger partial charge in [0.25, 0.3) is 0 Å². The van der Waals surface area contributed by atoms with Gasteiger partial charge in [0.1, 0.15) is 17.4 Å². The summed E-state index contributed by atoms with van der Waals surface area (Å²) in [5.74, 6) is 0.343. The van der Waals surface area contributed by atoms with Gasteiger partial charge in [0.15, 0.2) is 0 Å². The Morgan fingerprint density at radius 1 is 1.17 bits per heavy atom. The molecule has 0 bridgehead atoms. The minimum atomic E-state index is -0.402. The molecule has 0 N–H and O–H groups in total. The molecule has 0 spiro atoms. The van der Waals surface area contributed by atoms with Crippen molar-refractivity contribution >= 4 is 33.6 Å². The van der Waals surface area contributed by atoms with Crippen molar-refractivity contribution in [1.82, 2.24) is 4.98 Å². The fraction of sp³-hybridized carbons (Fsp3) is 0.158. The van der Waals surface area contributed by atoms with Gasteiger partial charge in [-0.15, -0.1) is 11.3 Å². The molecule has 0 fully saturated rings. The molecule has 0 aliphatic heterocycles. The molecule has 0 amide bonds. The summed E-state index contributed by atoms with van der Waals surface area (Å²) in [6, 6.07) is 15.4. The zero-order valence-corrected chi connectivity index (χ0v) is 14.1. The van der Waals surface area contributed by atoms with Crippen LogP contribution in [0, 0.1) is 0 Å². The highest BCUT2D eigenvalue weighted by Gasteiger charge is 2.06. The molecule has 1 heterocycles. The first-order valence-corrected chi connectivity index (χ1v) is 8.49. The van der Waals surface area contributed by atoms with Crippen LogP contribution in [0.5, 0.6) is 5.75 Å². The van der Waals surface area contributed by atoms with Gasteiger partial charge in [-0.05, 0) is 31.2 Å². The first-order chi connectivity index (χ1) is 11.8. The number of para-hydroxylation sites is 2. The fourth-order valence-electron chi connectivity index (χ4n) is 2.23. The Hall–Kier alpha value is -2.66. The summed E-state index contributed by atoms with van der Waals surface area (Å²) >= 11 is 1.53. The van der Waals surface area contributed by atoms with Crippen LogP contribution in [0.1, 0.15) is 17.5 Å². The smallest absolute Gasteiger partial charge is 0.331 e. The van der Waals surface area contributed by atoms with E-state index in [0.29, 0.717) is 6.61 Å². The van der Waals surface area contributed by atoms with E-state index in [4.69, 9.17) is 9.47 Å². The first kappa shape index (κ1) is 16.2. The topological polar surface area (TPSA) is 48.4 Å². The molecule has 1 aromatic heterocycles. The lowest BCUT2D eigenvalue weighted by Gasteiger charge is -2.06. The zero-order chi connectivity index (χ0) is 16.8. The Bertz CT molecular complexity index is 837. The number of esters is 1. The lowest BCUT2D eigenvalue weighted by Crippen LogP contribution is -2.00. The van der Waals surface area contributed by atoms with Crippen molar-refractivity contribution in [3.8, 4) is 5.75 Å². The van der Waals surface area contributed by atoms with E-state index in [1.54, 1.807) is 6.08 Å². The number of hydrogen-bond donors (Lipinski definition) is 0. The molecule has 5 heteroatoms. The second-order valence-electron chi connectivity index (χ2n) is 4.99. The zero-order valence-electron chi connectivity index (χ0n) is 13.3. The Kier molecular flexibility index (Phi) is 5.23. The third kappa shape index (κ3) is 4.00. The molecule has 0 saturated heterocycles. The molecule has 2 aromatic carbocycles. The number of carbonyl (C=O) groups is 1. The number of aromatic nitrogens is 1. The monoisotopic (exact) mass is 339 g/mol. The van der Waals surface area contributed by atoms with Gasteiger partial charge >= 0.3 is 5.97 Å². The standard InChI is InChI=1S/C19H17NO3S/c1-2-22-16-9-5-3-7-14(16)11-12-19(21)23-13-18-20-15-8-4-6-10-17(15)24-18/h3-12H,2,13H2,1H3. The number of ether oxygens (including phenoxy) is 2. The molecule has 0 radical (unpaired) electrons. The average Bonchev–Trinajstić information content (AvgIpc) is 3.02. The predicted octanol–water partition coefficient (Wildman–Crippen LogP) is 4.45. The maximum absolute atomic E-state index is 11.9. The van der Waals surface area contributed by atoms with E-state index in [2.05, 4.69) is 4.98 Å². The van der Waals surface area contributed by atoms with Crippen LogP contribution in [-0.4, -0.2) is 17.6 Å². The summed E-state index contributed by atoms with van der Waals surface area (Å²) in [6.07, 6.45) is 3.11. The van der Waals surface area contributed by atoms with Crippen LogP contribution in [-0.2, 0) is 16.1 Å². The molecule has 3 aromatic rings. The summed E-state index contributed by atoms with van der Waals surface area (Å²) in [6.45, 7) is 2.68. The highest BCUT2D eigenvalue weighted by Crippen LogP contribution is 2.22. The molecular weight excluding hydrogens is 322 g/mol. The van der Waals surface area contributed by atoms with Crippen LogP contribution in [0.15, 0.2) is 54.6 Å². The van der Waals surface area contributed by atoms with Gasteiger partial charge in [0.2, 0.25) is 0 Å². The summed E-state index contributed by atoms with van der Waals surface area (Å²) < 4.78 is 11.9. The van der Waals surface area contributed by atoms with Gasteiger partial charge in [-0.2, -0.15) is 0 Å². The number of nitrogens with zero attached hydrogens (tertiary/aromatic N) is 1. The Morgan fingerprint density at radius 2 is 1.96 bits per heavy atom. The first-order valence-electron chi connectivity index (χ1n) is 7.67. The lowest BCUT2D eigenvalue weighted by atomic mass is 10.2. The van der Waals surface area contributed by atoms with Crippen molar-refractivity contribution in [2.75, 3.05) is 6.61 Å². The molecule has 0 aliphatic carbocycles. The van der Waals surface area contributed by atoms with Crippen molar-refractivity contribution in [3.63, 3.8) is 0 Å². The molecular formula is C19H17NO3S. The van der Waals surface area contributed by atoms with Crippen molar-refractivity contribution in [1.29, 1.82) is 0 Å². The van der Waals surface area contributed by atoms with Crippen LogP contribution in [0.3, 0.4) is 0 Å².